The Balaban J connectivity index is 2.35. The first-order valence-electron chi connectivity index (χ1n) is 8.54. The SMILES string of the molecule is CC1=CC(C)=C(NC2=NC(C(C)(C)C)CC=C2C(N)N)C(C)C1. The smallest absolute Gasteiger partial charge is 0.131 e. The van der Waals surface area contributed by atoms with Gasteiger partial charge in [0.1, 0.15) is 5.84 Å². The predicted octanol–water partition coefficient (Wildman–Crippen LogP) is 3.22. The third-order valence-corrected chi connectivity index (χ3v) is 4.74. The van der Waals surface area contributed by atoms with Crippen LogP contribution in [0.2, 0.25) is 0 Å². The molecule has 0 aromatic rings. The van der Waals surface area contributed by atoms with Crippen LogP contribution in [0.15, 0.2) is 39.6 Å². The van der Waals surface area contributed by atoms with E-state index in [9.17, 15) is 0 Å². The van der Waals surface area contributed by atoms with Gasteiger partial charge in [0, 0.05) is 17.2 Å². The second-order valence-electron chi connectivity index (χ2n) is 8.10. The average molecular weight is 316 g/mol. The van der Waals surface area contributed by atoms with Crippen LogP contribution in [0.5, 0.6) is 0 Å². The fourth-order valence-electron chi connectivity index (χ4n) is 3.39. The molecule has 2 rings (SSSR count). The molecule has 4 heteroatoms. The minimum Gasteiger partial charge on any atom is -0.343 e. The van der Waals surface area contributed by atoms with Crippen LogP contribution in [-0.4, -0.2) is 18.0 Å². The predicted molar refractivity (Wildman–Crippen MR) is 98.9 cm³/mol. The van der Waals surface area contributed by atoms with Gasteiger partial charge in [-0.1, -0.05) is 45.4 Å². The van der Waals surface area contributed by atoms with Gasteiger partial charge in [-0.3, -0.25) is 4.99 Å². The molecule has 0 aromatic carbocycles. The van der Waals surface area contributed by atoms with Gasteiger partial charge < -0.3 is 16.8 Å². The van der Waals surface area contributed by atoms with E-state index >= 15 is 0 Å². The lowest BCUT2D eigenvalue weighted by atomic mass is 9.83. The first kappa shape index (κ1) is 18.0. The molecule has 1 heterocycles. The molecule has 0 spiro atoms. The lowest BCUT2D eigenvalue weighted by Gasteiger charge is -2.33. The maximum absolute atomic E-state index is 5.97. The van der Waals surface area contributed by atoms with Gasteiger partial charge in [-0.15, -0.1) is 0 Å². The van der Waals surface area contributed by atoms with Gasteiger partial charge in [-0.2, -0.15) is 0 Å². The standard InChI is InChI=1S/C19H32N4/c1-11-9-12(2)16(13(3)10-11)23-18-14(17(20)21)7-8-15(22-18)19(4,5)6/h7,9,13,15,17H,8,10,20-21H2,1-6H3,(H,22,23). The molecule has 0 aromatic heterocycles. The summed E-state index contributed by atoms with van der Waals surface area (Å²) in [7, 11) is 0. The number of nitrogens with zero attached hydrogens (tertiary/aromatic N) is 1. The van der Waals surface area contributed by atoms with Crippen LogP contribution in [0.25, 0.3) is 0 Å². The number of dihydropyridines is 1. The van der Waals surface area contributed by atoms with E-state index in [1.807, 2.05) is 0 Å². The zero-order valence-corrected chi connectivity index (χ0v) is 15.4. The molecule has 2 aliphatic rings. The van der Waals surface area contributed by atoms with Gasteiger partial charge in [0.15, 0.2) is 0 Å². The van der Waals surface area contributed by atoms with Crippen LogP contribution >= 0.6 is 0 Å². The van der Waals surface area contributed by atoms with Gasteiger partial charge >= 0.3 is 0 Å². The summed E-state index contributed by atoms with van der Waals surface area (Å²) < 4.78 is 0. The average Bonchev–Trinajstić information content (AvgIpc) is 2.41. The van der Waals surface area contributed by atoms with Crippen molar-refractivity contribution in [2.75, 3.05) is 0 Å². The molecule has 4 nitrogen and oxygen atoms in total. The van der Waals surface area contributed by atoms with E-state index in [-0.39, 0.29) is 11.5 Å². The Morgan fingerprint density at radius 1 is 1.26 bits per heavy atom. The summed E-state index contributed by atoms with van der Waals surface area (Å²) in [6, 6.07) is 0.240. The van der Waals surface area contributed by atoms with Crippen molar-refractivity contribution in [1.29, 1.82) is 0 Å². The van der Waals surface area contributed by atoms with Crippen LogP contribution in [0.1, 0.15) is 54.4 Å². The van der Waals surface area contributed by atoms with Gasteiger partial charge in [0.2, 0.25) is 0 Å². The summed E-state index contributed by atoms with van der Waals surface area (Å²) in [5.74, 6) is 1.30. The summed E-state index contributed by atoms with van der Waals surface area (Å²) in [5, 5.41) is 3.57. The van der Waals surface area contributed by atoms with E-state index in [4.69, 9.17) is 16.5 Å². The van der Waals surface area contributed by atoms with Crippen molar-refractivity contribution in [3.05, 3.63) is 34.6 Å². The van der Waals surface area contributed by atoms with Crippen LogP contribution in [0, 0.1) is 11.3 Å². The second kappa shape index (κ2) is 6.62. The van der Waals surface area contributed by atoms with Gasteiger partial charge in [-0.05, 0) is 37.7 Å². The van der Waals surface area contributed by atoms with E-state index in [1.165, 1.54) is 16.8 Å². The number of rotatable bonds is 2. The highest BCUT2D eigenvalue weighted by Crippen LogP contribution is 2.31. The summed E-state index contributed by atoms with van der Waals surface area (Å²) >= 11 is 0. The van der Waals surface area contributed by atoms with E-state index in [0.29, 0.717) is 5.92 Å². The lowest BCUT2D eigenvalue weighted by Crippen LogP contribution is -2.44. The molecule has 5 N–H and O–H groups in total. The van der Waals surface area contributed by atoms with Gasteiger partial charge in [-0.25, -0.2) is 0 Å². The number of aliphatic imine (C=N–C) groups is 1. The number of amidine groups is 1. The summed E-state index contributed by atoms with van der Waals surface area (Å²) in [6.07, 6.45) is 5.86. The maximum atomic E-state index is 5.97. The molecule has 1 aliphatic heterocycles. The molecule has 0 saturated heterocycles. The van der Waals surface area contributed by atoms with Crippen LogP contribution < -0.4 is 16.8 Å². The number of allylic oxidation sites excluding steroid dienone is 4. The molecular weight excluding hydrogens is 284 g/mol. The molecule has 0 fully saturated rings. The topological polar surface area (TPSA) is 76.4 Å². The molecule has 0 radical (unpaired) electrons. The monoisotopic (exact) mass is 316 g/mol. The van der Waals surface area contributed by atoms with Crippen molar-refractivity contribution in [1.82, 2.24) is 5.32 Å². The van der Waals surface area contributed by atoms with Crippen molar-refractivity contribution in [2.24, 2.45) is 27.8 Å². The van der Waals surface area contributed by atoms with Crippen LogP contribution in [0.3, 0.4) is 0 Å². The van der Waals surface area contributed by atoms with Crippen LogP contribution in [-0.2, 0) is 0 Å². The third-order valence-electron chi connectivity index (χ3n) is 4.74. The zero-order chi connectivity index (χ0) is 17.4. The normalized spacial score (nSPS) is 26.0. The van der Waals surface area contributed by atoms with E-state index in [0.717, 1.165) is 24.3 Å². The Morgan fingerprint density at radius 3 is 2.43 bits per heavy atom. The van der Waals surface area contributed by atoms with Crippen molar-refractivity contribution in [3.63, 3.8) is 0 Å². The first-order chi connectivity index (χ1) is 10.6. The van der Waals surface area contributed by atoms with E-state index in [2.05, 4.69) is 59.0 Å². The second-order valence-corrected chi connectivity index (χ2v) is 8.10. The fourth-order valence-corrected chi connectivity index (χ4v) is 3.39. The first-order valence-corrected chi connectivity index (χ1v) is 8.54. The van der Waals surface area contributed by atoms with Crippen molar-refractivity contribution < 1.29 is 0 Å². The molecule has 0 amide bonds. The summed E-state index contributed by atoms with van der Waals surface area (Å²) in [4.78, 5) is 4.96. The molecule has 0 saturated carbocycles. The molecule has 2 unspecified atom stereocenters. The highest BCUT2D eigenvalue weighted by Gasteiger charge is 2.29. The van der Waals surface area contributed by atoms with Crippen molar-refractivity contribution in [2.45, 2.75) is 66.6 Å². The number of hydrogen-bond donors (Lipinski definition) is 3. The van der Waals surface area contributed by atoms with Crippen molar-refractivity contribution >= 4 is 5.84 Å². The fraction of sp³-hybridized carbons (Fsp3) is 0.632. The largest absolute Gasteiger partial charge is 0.343 e. The zero-order valence-electron chi connectivity index (χ0n) is 15.4. The lowest BCUT2D eigenvalue weighted by molar-refractivity contribution is 0.321. The Bertz CT molecular complexity index is 585. The molecule has 23 heavy (non-hydrogen) atoms. The summed E-state index contributed by atoms with van der Waals surface area (Å²) in [5.41, 5.74) is 16.9. The highest BCUT2D eigenvalue weighted by atomic mass is 15.1. The number of nitrogens with two attached hydrogens (primary N) is 2. The molecule has 128 valence electrons. The third kappa shape index (κ3) is 4.12. The minimum absolute atomic E-state index is 0.117. The number of nitrogens with one attached hydrogen (secondary N) is 1. The van der Waals surface area contributed by atoms with Crippen LogP contribution in [0.4, 0.5) is 0 Å². The molecule has 0 bridgehead atoms. The van der Waals surface area contributed by atoms with E-state index in [1.54, 1.807) is 0 Å². The summed E-state index contributed by atoms with van der Waals surface area (Å²) in [6.45, 7) is 13.3. The van der Waals surface area contributed by atoms with E-state index < -0.39 is 6.17 Å². The Morgan fingerprint density at radius 2 is 1.91 bits per heavy atom. The molecule has 2 atom stereocenters. The Hall–Kier alpha value is -1.39. The minimum atomic E-state index is -0.501. The number of hydrogen-bond acceptors (Lipinski definition) is 4. The van der Waals surface area contributed by atoms with Gasteiger partial charge in [0.05, 0.1) is 12.2 Å². The highest BCUT2D eigenvalue weighted by molar-refractivity contribution is 6.01. The molecule has 1 aliphatic carbocycles. The Kier molecular flexibility index (Phi) is 5.17. The van der Waals surface area contributed by atoms with Gasteiger partial charge in [0.25, 0.3) is 0 Å². The maximum Gasteiger partial charge on any atom is 0.131 e. The van der Waals surface area contributed by atoms with Crippen molar-refractivity contribution in [3.8, 4) is 0 Å². The Labute approximate surface area is 140 Å². The molecular formula is C19H32N4. The quantitative estimate of drug-likeness (QED) is 0.685.